The number of carbonyl (C=O) groups is 1. The Kier molecular flexibility index (Phi) is 4.41. The van der Waals surface area contributed by atoms with Crippen molar-refractivity contribution in [3.8, 4) is 5.75 Å². The van der Waals surface area contributed by atoms with Crippen LogP contribution < -0.4 is 9.64 Å². The van der Waals surface area contributed by atoms with Gasteiger partial charge < -0.3 is 9.84 Å². The van der Waals surface area contributed by atoms with Crippen LogP contribution >= 0.6 is 11.6 Å². The number of aliphatic hydroxyl groups excluding tert-OH is 1. The van der Waals surface area contributed by atoms with Crippen LogP contribution in [0.4, 0.5) is 10.1 Å². The molecule has 0 radical (unpaired) electrons. The van der Waals surface area contributed by atoms with Gasteiger partial charge in [0.05, 0.1) is 10.7 Å². The van der Waals surface area contributed by atoms with Gasteiger partial charge in [-0.1, -0.05) is 24.3 Å². The minimum atomic E-state index is -1.12. The minimum absolute atomic E-state index is 0.0274. The summed E-state index contributed by atoms with van der Waals surface area (Å²) in [5.74, 6) is -0.774. The van der Waals surface area contributed by atoms with Crippen LogP contribution in [0.2, 0.25) is 5.02 Å². The molecule has 122 valence electrons. The van der Waals surface area contributed by atoms with E-state index in [1.54, 1.807) is 0 Å². The van der Waals surface area contributed by atoms with Gasteiger partial charge >= 0.3 is 0 Å². The number of benzene rings is 1. The Morgan fingerprint density at radius 1 is 1.43 bits per heavy atom. The van der Waals surface area contributed by atoms with Crippen molar-refractivity contribution in [1.29, 1.82) is 0 Å². The van der Waals surface area contributed by atoms with Crippen LogP contribution in [0.3, 0.4) is 0 Å². The van der Waals surface area contributed by atoms with Gasteiger partial charge in [-0.2, -0.15) is 0 Å². The number of ether oxygens (including phenoxy) is 1. The van der Waals surface area contributed by atoms with E-state index in [4.69, 9.17) is 16.3 Å². The Bertz CT molecular complexity index is 701. The molecule has 1 aromatic rings. The van der Waals surface area contributed by atoms with Crippen molar-refractivity contribution in [3.05, 3.63) is 46.8 Å². The van der Waals surface area contributed by atoms with Crippen LogP contribution in [0, 0.1) is 5.82 Å². The van der Waals surface area contributed by atoms with E-state index in [-0.39, 0.29) is 29.0 Å². The summed E-state index contributed by atoms with van der Waals surface area (Å²) >= 11 is 5.96. The largest absolute Gasteiger partial charge is 0.488 e. The Morgan fingerprint density at radius 3 is 2.87 bits per heavy atom. The average molecular weight is 338 g/mol. The highest BCUT2D eigenvalue weighted by Gasteiger charge is 2.40. The summed E-state index contributed by atoms with van der Waals surface area (Å²) < 4.78 is 19.7. The van der Waals surface area contributed by atoms with E-state index in [0.717, 1.165) is 23.8 Å². The molecule has 2 aliphatic rings. The van der Waals surface area contributed by atoms with Gasteiger partial charge in [0.1, 0.15) is 18.2 Å². The highest BCUT2D eigenvalue weighted by atomic mass is 35.5. The molecule has 0 saturated carbocycles. The Labute approximate surface area is 138 Å². The van der Waals surface area contributed by atoms with Crippen LogP contribution in [0.5, 0.6) is 5.75 Å². The standard InChI is InChI=1S/C17H17ClFNO3/c1-2-7-23-15-9-14(13(19)8-12(15)18)20-16(21)10-5-3-4-6-11(10)17(20)22/h2,8-9,16,21H,1,3-7H2. The Balaban J connectivity index is 1.98. The van der Waals surface area contributed by atoms with E-state index >= 15 is 0 Å². The summed E-state index contributed by atoms with van der Waals surface area (Å²) in [6.45, 7) is 3.75. The molecule has 0 bridgehead atoms. The number of aliphatic hydroxyl groups is 1. The van der Waals surface area contributed by atoms with E-state index < -0.39 is 12.0 Å². The maximum atomic E-state index is 14.3. The van der Waals surface area contributed by atoms with Crippen molar-refractivity contribution in [3.63, 3.8) is 0 Å². The molecule has 0 spiro atoms. The third-order valence-corrected chi connectivity index (χ3v) is 4.46. The molecule has 0 fully saturated rings. The average Bonchev–Trinajstić information content (AvgIpc) is 2.79. The Hall–Kier alpha value is -1.85. The second kappa shape index (κ2) is 6.34. The van der Waals surface area contributed by atoms with Gasteiger partial charge in [0.25, 0.3) is 5.91 Å². The molecular weight excluding hydrogens is 321 g/mol. The molecule has 4 nitrogen and oxygen atoms in total. The normalized spacial score (nSPS) is 20.7. The summed E-state index contributed by atoms with van der Waals surface area (Å²) in [6, 6.07) is 2.44. The van der Waals surface area contributed by atoms with Gasteiger partial charge in [-0.25, -0.2) is 4.39 Å². The van der Waals surface area contributed by atoms with Gasteiger partial charge in [0.15, 0.2) is 6.23 Å². The zero-order valence-corrected chi connectivity index (χ0v) is 13.3. The number of halogens is 2. The summed E-state index contributed by atoms with van der Waals surface area (Å²) in [5, 5.41) is 10.6. The van der Waals surface area contributed by atoms with E-state index in [0.29, 0.717) is 24.0 Å². The lowest BCUT2D eigenvalue weighted by Gasteiger charge is -2.24. The molecule has 1 amide bonds. The van der Waals surface area contributed by atoms with Crippen LogP contribution in [-0.4, -0.2) is 23.8 Å². The van der Waals surface area contributed by atoms with Crippen LogP contribution in [0.15, 0.2) is 35.9 Å². The monoisotopic (exact) mass is 337 g/mol. The predicted molar refractivity (Wildman–Crippen MR) is 86.1 cm³/mol. The summed E-state index contributed by atoms with van der Waals surface area (Å²) in [5.41, 5.74) is 1.27. The molecule has 1 N–H and O–H groups in total. The first-order valence-electron chi connectivity index (χ1n) is 7.51. The van der Waals surface area contributed by atoms with Crippen molar-refractivity contribution in [2.75, 3.05) is 11.5 Å². The topological polar surface area (TPSA) is 49.8 Å². The number of amides is 1. The van der Waals surface area contributed by atoms with Gasteiger partial charge in [-0.15, -0.1) is 0 Å². The molecule has 1 atom stereocenters. The Morgan fingerprint density at radius 2 is 2.17 bits per heavy atom. The van der Waals surface area contributed by atoms with Crippen molar-refractivity contribution >= 4 is 23.2 Å². The molecular formula is C17H17ClFNO3. The van der Waals surface area contributed by atoms with Crippen molar-refractivity contribution < 1.29 is 19.0 Å². The summed E-state index contributed by atoms with van der Waals surface area (Å²) in [6.07, 6.45) is 3.52. The SMILES string of the molecule is C=CCOc1cc(N2C(=O)C3=C(CCCC3)C2O)c(F)cc1Cl. The lowest BCUT2D eigenvalue weighted by atomic mass is 9.93. The highest BCUT2D eigenvalue weighted by Crippen LogP contribution is 2.41. The first-order valence-corrected chi connectivity index (χ1v) is 7.88. The van der Waals surface area contributed by atoms with E-state index in [1.807, 2.05) is 0 Å². The molecule has 1 heterocycles. The number of hydrogen-bond acceptors (Lipinski definition) is 3. The third kappa shape index (κ3) is 2.75. The fraction of sp³-hybridized carbons (Fsp3) is 0.353. The smallest absolute Gasteiger partial charge is 0.256 e. The highest BCUT2D eigenvalue weighted by molar-refractivity contribution is 6.32. The van der Waals surface area contributed by atoms with E-state index in [2.05, 4.69) is 6.58 Å². The molecule has 3 rings (SSSR count). The number of anilines is 1. The van der Waals surface area contributed by atoms with Gasteiger partial charge in [0.2, 0.25) is 0 Å². The fourth-order valence-electron chi connectivity index (χ4n) is 3.07. The third-order valence-electron chi connectivity index (χ3n) is 4.16. The number of nitrogens with zero attached hydrogens (tertiary/aromatic N) is 1. The second-order valence-corrected chi connectivity index (χ2v) is 6.00. The van der Waals surface area contributed by atoms with E-state index in [1.165, 1.54) is 12.1 Å². The fourth-order valence-corrected chi connectivity index (χ4v) is 3.28. The first kappa shape index (κ1) is 16.0. The van der Waals surface area contributed by atoms with Crippen molar-refractivity contribution in [2.45, 2.75) is 31.9 Å². The zero-order chi connectivity index (χ0) is 16.6. The van der Waals surface area contributed by atoms with Crippen LogP contribution in [0.1, 0.15) is 25.7 Å². The molecule has 1 unspecified atom stereocenters. The number of carbonyl (C=O) groups excluding carboxylic acids is 1. The quantitative estimate of drug-likeness (QED) is 0.854. The van der Waals surface area contributed by atoms with Crippen LogP contribution in [0.25, 0.3) is 0 Å². The van der Waals surface area contributed by atoms with Gasteiger partial charge in [-0.3, -0.25) is 9.69 Å². The van der Waals surface area contributed by atoms with Crippen LogP contribution in [-0.2, 0) is 4.79 Å². The zero-order valence-electron chi connectivity index (χ0n) is 12.5. The van der Waals surface area contributed by atoms with Gasteiger partial charge in [-0.05, 0) is 37.3 Å². The maximum Gasteiger partial charge on any atom is 0.256 e. The molecule has 1 aromatic carbocycles. The lowest BCUT2D eigenvalue weighted by molar-refractivity contribution is -0.115. The van der Waals surface area contributed by atoms with Gasteiger partial charge in [0, 0.05) is 11.6 Å². The molecule has 0 saturated heterocycles. The molecule has 23 heavy (non-hydrogen) atoms. The molecule has 1 aliphatic carbocycles. The molecule has 6 heteroatoms. The lowest BCUT2D eigenvalue weighted by Crippen LogP contribution is -2.36. The van der Waals surface area contributed by atoms with E-state index in [9.17, 15) is 14.3 Å². The maximum absolute atomic E-state index is 14.3. The summed E-state index contributed by atoms with van der Waals surface area (Å²) in [7, 11) is 0. The first-order chi connectivity index (χ1) is 11.0. The minimum Gasteiger partial charge on any atom is -0.488 e. The predicted octanol–water partition coefficient (Wildman–Crippen LogP) is 3.58. The van der Waals surface area contributed by atoms with Crippen molar-refractivity contribution in [2.24, 2.45) is 0 Å². The number of rotatable bonds is 4. The van der Waals surface area contributed by atoms with Crippen molar-refractivity contribution in [1.82, 2.24) is 0 Å². The second-order valence-electron chi connectivity index (χ2n) is 5.59. The molecule has 0 aromatic heterocycles. The summed E-state index contributed by atoms with van der Waals surface area (Å²) in [4.78, 5) is 13.7. The molecule has 1 aliphatic heterocycles. The number of hydrogen-bond donors (Lipinski definition) is 1.